The number of nitrogens with zero attached hydrogens (tertiary/aromatic N) is 4. The van der Waals surface area contributed by atoms with E-state index in [1.165, 1.54) is 0 Å². The molecule has 0 fully saturated rings. The van der Waals surface area contributed by atoms with Crippen molar-refractivity contribution in [2.75, 3.05) is 6.54 Å². The molecule has 0 saturated carbocycles. The molecule has 0 unspecified atom stereocenters. The molecule has 0 amide bonds. The average molecular weight is 299 g/mol. The largest absolute Gasteiger partial charge is 0.310 e. The first-order valence-corrected chi connectivity index (χ1v) is 7.53. The third-order valence-electron chi connectivity index (χ3n) is 3.86. The summed E-state index contributed by atoms with van der Waals surface area (Å²) >= 11 is 0. The third-order valence-corrected chi connectivity index (χ3v) is 3.86. The van der Waals surface area contributed by atoms with Gasteiger partial charge < -0.3 is 4.98 Å². The highest BCUT2D eigenvalue weighted by molar-refractivity contribution is 5.22. The van der Waals surface area contributed by atoms with Gasteiger partial charge in [0, 0.05) is 50.1 Å². The topological polar surface area (TPSA) is 74.8 Å². The Labute approximate surface area is 129 Å². The average Bonchev–Trinajstić information content (AvgIpc) is 2.48. The Hall–Kier alpha value is -2.08. The molecule has 0 aromatic carbocycles. The number of fused-ring (bicyclic) bond motifs is 1. The molecule has 0 aliphatic carbocycles. The monoisotopic (exact) mass is 299 g/mol. The van der Waals surface area contributed by atoms with Crippen molar-refractivity contribution in [3.63, 3.8) is 0 Å². The van der Waals surface area contributed by atoms with Crippen LogP contribution in [0.5, 0.6) is 0 Å². The Balaban J connectivity index is 1.83. The predicted octanol–water partition coefficient (Wildman–Crippen LogP) is 1.42. The summed E-state index contributed by atoms with van der Waals surface area (Å²) in [5, 5.41) is 0. The second-order valence-electron chi connectivity index (χ2n) is 6.75. The van der Waals surface area contributed by atoms with E-state index in [1.54, 1.807) is 18.6 Å². The third kappa shape index (κ3) is 3.06. The van der Waals surface area contributed by atoms with Crippen molar-refractivity contribution in [1.29, 1.82) is 0 Å². The van der Waals surface area contributed by atoms with Gasteiger partial charge in [0.1, 0.15) is 5.82 Å². The van der Waals surface area contributed by atoms with Crippen LogP contribution in [0.3, 0.4) is 0 Å². The van der Waals surface area contributed by atoms with Gasteiger partial charge in [0.05, 0.1) is 17.0 Å². The first-order chi connectivity index (χ1) is 10.4. The standard InChI is InChI=1S/C16H21N5O/c1-16(2,3)15-19-13-4-7-21(10-12(13)14(22)20-15)9-11-8-17-5-6-18-11/h5-6,8H,4,7,9-10H2,1-3H3,(H,19,20,22). The summed E-state index contributed by atoms with van der Waals surface area (Å²) in [6, 6.07) is 0. The Morgan fingerprint density at radius 2 is 2.14 bits per heavy atom. The summed E-state index contributed by atoms with van der Waals surface area (Å²) in [7, 11) is 0. The van der Waals surface area contributed by atoms with Crippen molar-refractivity contribution in [3.8, 4) is 0 Å². The zero-order chi connectivity index (χ0) is 15.7. The molecule has 0 saturated heterocycles. The quantitative estimate of drug-likeness (QED) is 0.907. The van der Waals surface area contributed by atoms with Gasteiger partial charge in [-0.3, -0.25) is 19.7 Å². The van der Waals surface area contributed by atoms with E-state index in [2.05, 4.69) is 45.6 Å². The molecule has 2 aromatic heterocycles. The normalized spacial score (nSPS) is 15.6. The molecule has 1 aliphatic rings. The molecular weight excluding hydrogens is 278 g/mol. The van der Waals surface area contributed by atoms with Gasteiger partial charge in [-0.25, -0.2) is 4.98 Å². The lowest BCUT2D eigenvalue weighted by Gasteiger charge is -2.28. The fourth-order valence-corrected chi connectivity index (χ4v) is 2.61. The number of H-pyrrole nitrogens is 1. The van der Waals surface area contributed by atoms with Gasteiger partial charge in [0.2, 0.25) is 0 Å². The Morgan fingerprint density at radius 3 is 2.82 bits per heavy atom. The fourth-order valence-electron chi connectivity index (χ4n) is 2.61. The number of hydrogen-bond acceptors (Lipinski definition) is 5. The molecule has 0 bridgehead atoms. The molecule has 0 atom stereocenters. The molecule has 3 heterocycles. The minimum absolute atomic E-state index is 0.0150. The van der Waals surface area contributed by atoms with E-state index in [1.807, 2.05) is 0 Å². The first kappa shape index (κ1) is 14.8. The molecule has 0 radical (unpaired) electrons. The van der Waals surface area contributed by atoms with E-state index in [-0.39, 0.29) is 11.0 Å². The van der Waals surface area contributed by atoms with Crippen LogP contribution in [0.25, 0.3) is 0 Å². The van der Waals surface area contributed by atoms with E-state index < -0.39 is 0 Å². The van der Waals surface area contributed by atoms with Crippen molar-refractivity contribution in [2.24, 2.45) is 0 Å². The van der Waals surface area contributed by atoms with Crippen molar-refractivity contribution < 1.29 is 0 Å². The number of rotatable bonds is 2. The second kappa shape index (κ2) is 5.61. The van der Waals surface area contributed by atoms with Crippen molar-refractivity contribution in [1.82, 2.24) is 24.8 Å². The smallest absolute Gasteiger partial charge is 0.255 e. The maximum Gasteiger partial charge on any atom is 0.255 e. The highest BCUT2D eigenvalue weighted by Gasteiger charge is 2.24. The summed E-state index contributed by atoms with van der Waals surface area (Å²) in [5.74, 6) is 0.763. The van der Waals surface area contributed by atoms with Crippen LogP contribution >= 0.6 is 0 Å². The van der Waals surface area contributed by atoms with Crippen LogP contribution in [-0.4, -0.2) is 31.4 Å². The molecule has 0 spiro atoms. The number of aromatic amines is 1. The van der Waals surface area contributed by atoms with E-state index in [9.17, 15) is 4.79 Å². The van der Waals surface area contributed by atoms with Crippen LogP contribution in [0.4, 0.5) is 0 Å². The highest BCUT2D eigenvalue weighted by atomic mass is 16.1. The Kier molecular flexibility index (Phi) is 3.78. The minimum Gasteiger partial charge on any atom is -0.310 e. The lowest BCUT2D eigenvalue weighted by molar-refractivity contribution is 0.238. The van der Waals surface area contributed by atoms with Crippen LogP contribution in [0, 0.1) is 0 Å². The number of hydrogen-bond donors (Lipinski definition) is 1. The van der Waals surface area contributed by atoms with Gasteiger partial charge in [-0.05, 0) is 0 Å². The molecule has 1 aliphatic heterocycles. The number of aromatic nitrogens is 4. The van der Waals surface area contributed by atoms with Gasteiger partial charge in [-0.1, -0.05) is 20.8 Å². The zero-order valence-corrected chi connectivity index (χ0v) is 13.3. The van der Waals surface area contributed by atoms with Gasteiger partial charge in [-0.15, -0.1) is 0 Å². The molecular formula is C16H21N5O. The molecule has 3 rings (SSSR count). The van der Waals surface area contributed by atoms with E-state index in [4.69, 9.17) is 0 Å². The summed E-state index contributed by atoms with van der Waals surface area (Å²) in [6.45, 7) is 8.36. The summed E-state index contributed by atoms with van der Waals surface area (Å²) in [6.07, 6.45) is 5.91. The predicted molar refractivity (Wildman–Crippen MR) is 83.4 cm³/mol. The molecule has 22 heavy (non-hydrogen) atoms. The van der Waals surface area contributed by atoms with E-state index in [0.717, 1.165) is 35.7 Å². The summed E-state index contributed by atoms with van der Waals surface area (Å²) < 4.78 is 0. The van der Waals surface area contributed by atoms with E-state index >= 15 is 0 Å². The van der Waals surface area contributed by atoms with Gasteiger partial charge in [-0.2, -0.15) is 0 Å². The molecule has 6 heteroatoms. The summed E-state index contributed by atoms with van der Waals surface area (Å²) in [4.78, 5) is 30.6. The Bertz CT molecular complexity index is 718. The lowest BCUT2D eigenvalue weighted by atomic mass is 9.95. The van der Waals surface area contributed by atoms with E-state index in [0.29, 0.717) is 13.1 Å². The van der Waals surface area contributed by atoms with Crippen molar-refractivity contribution in [2.45, 2.75) is 45.7 Å². The number of nitrogens with one attached hydrogen (secondary N) is 1. The second-order valence-corrected chi connectivity index (χ2v) is 6.75. The molecule has 2 aromatic rings. The van der Waals surface area contributed by atoms with Crippen LogP contribution in [0.15, 0.2) is 23.4 Å². The van der Waals surface area contributed by atoms with Crippen molar-refractivity contribution >= 4 is 0 Å². The van der Waals surface area contributed by atoms with Crippen LogP contribution < -0.4 is 5.56 Å². The highest BCUT2D eigenvalue weighted by Crippen LogP contribution is 2.20. The summed E-state index contributed by atoms with van der Waals surface area (Å²) in [5.41, 5.74) is 2.47. The van der Waals surface area contributed by atoms with Crippen LogP contribution in [0.2, 0.25) is 0 Å². The maximum atomic E-state index is 12.4. The SMILES string of the molecule is CC(C)(C)c1nc2c(c(=O)[nH]1)CN(Cc1cnccn1)CC2. The first-order valence-electron chi connectivity index (χ1n) is 7.53. The van der Waals surface area contributed by atoms with Gasteiger partial charge in [0.25, 0.3) is 5.56 Å². The van der Waals surface area contributed by atoms with Crippen molar-refractivity contribution in [3.05, 3.63) is 51.7 Å². The maximum absolute atomic E-state index is 12.4. The Morgan fingerprint density at radius 1 is 1.32 bits per heavy atom. The molecule has 116 valence electrons. The van der Waals surface area contributed by atoms with Gasteiger partial charge >= 0.3 is 0 Å². The molecule has 1 N–H and O–H groups in total. The molecule has 6 nitrogen and oxygen atoms in total. The zero-order valence-electron chi connectivity index (χ0n) is 13.3. The van der Waals surface area contributed by atoms with Crippen LogP contribution in [0.1, 0.15) is 43.5 Å². The fraction of sp³-hybridized carbons (Fsp3) is 0.500. The lowest BCUT2D eigenvalue weighted by Crippen LogP contribution is -2.37. The minimum atomic E-state index is -0.148. The van der Waals surface area contributed by atoms with Crippen LogP contribution in [-0.2, 0) is 24.9 Å². The van der Waals surface area contributed by atoms with Gasteiger partial charge in [0.15, 0.2) is 0 Å².